The fourth-order valence-corrected chi connectivity index (χ4v) is 3.03. The van der Waals surface area contributed by atoms with Gasteiger partial charge in [-0.1, -0.05) is 0 Å². The van der Waals surface area contributed by atoms with Crippen molar-refractivity contribution in [2.24, 2.45) is 0 Å². The van der Waals surface area contributed by atoms with E-state index in [1.54, 1.807) is 12.1 Å². The number of Topliss-reactive ketones (excluding diaryl/α,β-unsaturated/α-hetero) is 1. The minimum Gasteiger partial charge on any atom is -0.496 e. The molecular formula is C18H18FNO6S. The van der Waals surface area contributed by atoms with Gasteiger partial charge >= 0.3 is 5.97 Å². The van der Waals surface area contributed by atoms with Crippen LogP contribution < -0.4 is 9.46 Å². The Balaban J connectivity index is 2.27. The third-order valence-electron chi connectivity index (χ3n) is 3.78. The highest BCUT2D eigenvalue weighted by Gasteiger charge is 2.20. The highest BCUT2D eigenvalue weighted by Crippen LogP contribution is 2.22. The Bertz CT molecular complexity index is 987. The van der Waals surface area contributed by atoms with Gasteiger partial charge in [-0.2, -0.15) is 0 Å². The number of nitrogens with one attached hydrogen (secondary N) is 1. The molecule has 9 heteroatoms. The highest BCUT2D eigenvalue weighted by molar-refractivity contribution is 7.89. The number of sulfonamides is 1. The maximum Gasteiger partial charge on any atom is 0.341 e. The molecule has 0 saturated heterocycles. The predicted molar refractivity (Wildman–Crippen MR) is 94.8 cm³/mol. The maximum absolute atomic E-state index is 14.0. The van der Waals surface area contributed by atoms with E-state index in [9.17, 15) is 22.4 Å². The molecule has 2 aromatic carbocycles. The maximum atomic E-state index is 14.0. The Hall–Kier alpha value is -2.78. The topological polar surface area (TPSA) is 98.8 Å². The number of halogens is 1. The van der Waals surface area contributed by atoms with Crippen molar-refractivity contribution in [1.29, 1.82) is 0 Å². The van der Waals surface area contributed by atoms with Gasteiger partial charge in [-0.05, 0) is 50.4 Å². The fourth-order valence-electron chi connectivity index (χ4n) is 2.28. The summed E-state index contributed by atoms with van der Waals surface area (Å²) >= 11 is 0. The number of ether oxygens (including phenoxy) is 2. The van der Waals surface area contributed by atoms with E-state index in [1.807, 2.05) is 0 Å². The Kier molecular flexibility index (Phi) is 6.29. The van der Waals surface area contributed by atoms with Crippen molar-refractivity contribution < 1.29 is 31.9 Å². The Morgan fingerprint density at radius 1 is 1.15 bits per heavy atom. The number of hydrogen-bond acceptors (Lipinski definition) is 6. The number of carbonyl (C=O) groups is 2. The van der Waals surface area contributed by atoms with Crippen molar-refractivity contribution in [3.05, 3.63) is 58.9 Å². The lowest BCUT2D eigenvalue weighted by Gasteiger charge is -2.11. The Morgan fingerprint density at radius 2 is 1.85 bits per heavy atom. The summed E-state index contributed by atoms with van der Waals surface area (Å²) in [5.74, 6) is -1.75. The van der Waals surface area contributed by atoms with Crippen LogP contribution in [0.2, 0.25) is 0 Å². The van der Waals surface area contributed by atoms with E-state index in [0.29, 0.717) is 16.9 Å². The van der Waals surface area contributed by atoms with Gasteiger partial charge in [-0.25, -0.2) is 22.3 Å². The summed E-state index contributed by atoms with van der Waals surface area (Å²) in [4.78, 5) is 23.5. The van der Waals surface area contributed by atoms with Gasteiger partial charge in [0.15, 0.2) is 5.78 Å². The van der Waals surface area contributed by atoms with Crippen molar-refractivity contribution in [3.63, 3.8) is 0 Å². The predicted octanol–water partition coefficient (Wildman–Crippen LogP) is 2.30. The normalized spacial score (nSPS) is 11.1. The summed E-state index contributed by atoms with van der Waals surface area (Å²) in [6.07, 6.45) is 0. The summed E-state index contributed by atoms with van der Waals surface area (Å²) in [6.45, 7) is 1.10. The molecule has 0 heterocycles. The molecule has 0 aliphatic rings. The van der Waals surface area contributed by atoms with Crippen molar-refractivity contribution in [1.82, 2.24) is 4.72 Å². The first-order valence-corrected chi connectivity index (χ1v) is 9.26. The number of carbonyl (C=O) groups excluding carboxylic acids is 2. The lowest BCUT2D eigenvalue weighted by Crippen LogP contribution is -2.19. The van der Waals surface area contributed by atoms with E-state index < -0.39 is 27.4 Å². The van der Waals surface area contributed by atoms with E-state index in [4.69, 9.17) is 9.47 Å². The van der Waals surface area contributed by atoms with E-state index in [2.05, 4.69) is 4.72 Å². The first kappa shape index (κ1) is 20.5. The molecule has 144 valence electrons. The minimum absolute atomic E-state index is 0.179. The second kappa shape index (κ2) is 8.28. The largest absolute Gasteiger partial charge is 0.496 e. The van der Waals surface area contributed by atoms with Gasteiger partial charge in [0.25, 0.3) is 0 Å². The number of methoxy groups -OCH3 is 1. The van der Waals surface area contributed by atoms with Crippen LogP contribution in [-0.4, -0.2) is 34.3 Å². The molecule has 27 heavy (non-hydrogen) atoms. The summed E-state index contributed by atoms with van der Waals surface area (Å²) in [5, 5.41) is 0. The summed E-state index contributed by atoms with van der Waals surface area (Å²) in [6, 6.07) is 7.44. The van der Waals surface area contributed by atoms with Crippen LogP contribution in [0, 0.1) is 5.82 Å². The standard InChI is InChI=1S/C18H18FNO6S/c1-11(21)12-4-7-17(25-3)13(8-12)10-26-18(22)15-9-14(5-6-16(15)19)27(23,24)20-2/h4-9,20H,10H2,1-3H3. The smallest absolute Gasteiger partial charge is 0.341 e. The molecule has 0 atom stereocenters. The van der Waals surface area contributed by atoms with Gasteiger partial charge in [0.05, 0.1) is 17.6 Å². The van der Waals surface area contributed by atoms with Crippen molar-refractivity contribution in [3.8, 4) is 5.75 Å². The van der Waals surface area contributed by atoms with Crippen LogP contribution in [0.3, 0.4) is 0 Å². The number of rotatable bonds is 7. The highest BCUT2D eigenvalue weighted by atomic mass is 32.2. The van der Waals surface area contributed by atoms with Gasteiger partial charge in [0.1, 0.15) is 18.2 Å². The number of esters is 1. The van der Waals surface area contributed by atoms with Gasteiger partial charge in [0, 0.05) is 11.1 Å². The Labute approximate surface area is 156 Å². The van der Waals surface area contributed by atoms with Crippen LogP contribution in [0.1, 0.15) is 33.2 Å². The lowest BCUT2D eigenvalue weighted by atomic mass is 10.1. The molecule has 0 unspecified atom stereocenters. The molecule has 0 spiro atoms. The second-order valence-electron chi connectivity index (χ2n) is 5.51. The van der Waals surface area contributed by atoms with Crippen LogP contribution >= 0.6 is 0 Å². The zero-order valence-electron chi connectivity index (χ0n) is 14.9. The van der Waals surface area contributed by atoms with Crippen LogP contribution in [0.25, 0.3) is 0 Å². The van der Waals surface area contributed by atoms with Crippen molar-refractivity contribution in [2.45, 2.75) is 18.4 Å². The molecule has 2 rings (SSSR count). The van der Waals surface area contributed by atoms with E-state index in [0.717, 1.165) is 18.2 Å². The average molecular weight is 395 g/mol. The third kappa shape index (κ3) is 4.69. The fraction of sp³-hybridized carbons (Fsp3) is 0.222. The number of hydrogen-bond donors (Lipinski definition) is 1. The zero-order valence-corrected chi connectivity index (χ0v) is 15.7. The molecule has 0 bridgehead atoms. The van der Waals surface area contributed by atoms with E-state index >= 15 is 0 Å². The molecule has 1 N–H and O–H groups in total. The average Bonchev–Trinajstić information content (AvgIpc) is 2.65. The molecule has 0 radical (unpaired) electrons. The van der Waals surface area contributed by atoms with Crippen LogP contribution in [0.5, 0.6) is 5.75 Å². The zero-order chi connectivity index (χ0) is 20.2. The minimum atomic E-state index is -3.85. The molecule has 0 aliphatic heterocycles. The lowest BCUT2D eigenvalue weighted by molar-refractivity contribution is 0.0464. The first-order chi connectivity index (χ1) is 12.7. The van der Waals surface area contributed by atoms with Crippen LogP contribution in [0.4, 0.5) is 4.39 Å². The van der Waals surface area contributed by atoms with Gasteiger partial charge in [-0.3, -0.25) is 4.79 Å². The van der Waals surface area contributed by atoms with E-state index in [-0.39, 0.29) is 17.3 Å². The summed E-state index contributed by atoms with van der Waals surface area (Å²) in [5.41, 5.74) is 0.293. The molecule has 0 aliphatic carbocycles. The summed E-state index contributed by atoms with van der Waals surface area (Å²) in [7, 11) is -1.23. The quantitative estimate of drug-likeness (QED) is 0.571. The second-order valence-corrected chi connectivity index (χ2v) is 7.39. The number of ketones is 1. The van der Waals surface area contributed by atoms with Gasteiger partial charge < -0.3 is 9.47 Å². The molecule has 0 amide bonds. The first-order valence-electron chi connectivity index (χ1n) is 7.77. The molecule has 0 aromatic heterocycles. The van der Waals surface area contributed by atoms with Gasteiger partial charge in [0.2, 0.25) is 10.0 Å². The summed E-state index contributed by atoms with van der Waals surface area (Å²) < 4.78 is 49.9. The molecule has 0 saturated carbocycles. The molecular weight excluding hydrogens is 377 g/mol. The monoisotopic (exact) mass is 395 g/mol. The molecule has 7 nitrogen and oxygen atoms in total. The molecule has 0 fully saturated rings. The number of benzene rings is 2. The van der Waals surface area contributed by atoms with Gasteiger partial charge in [-0.15, -0.1) is 0 Å². The molecule has 2 aromatic rings. The van der Waals surface area contributed by atoms with Crippen molar-refractivity contribution in [2.75, 3.05) is 14.2 Å². The van der Waals surface area contributed by atoms with Crippen LogP contribution in [-0.2, 0) is 21.4 Å². The van der Waals surface area contributed by atoms with E-state index in [1.165, 1.54) is 27.1 Å². The van der Waals surface area contributed by atoms with Crippen molar-refractivity contribution >= 4 is 21.8 Å². The van der Waals surface area contributed by atoms with Crippen LogP contribution in [0.15, 0.2) is 41.3 Å². The third-order valence-corrected chi connectivity index (χ3v) is 5.19. The SMILES string of the molecule is CNS(=O)(=O)c1ccc(F)c(C(=O)OCc2cc(C(C)=O)ccc2OC)c1. The Morgan fingerprint density at radius 3 is 2.44 bits per heavy atom.